The number of hydrogen-bond donors (Lipinski definition) is 1. The lowest BCUT2D eigenvalue weighted by molar-refractivity contribution is 0.0653. The second kappa shape index (κ2) is 4.36. The standard InChI is InChI=1S/C15H21NO3/c1-15(2)8-4-3-5-10(15)13-16-11(9-6-7-9)12(19-13)14(17)18/h9-10H,3-8H2,1-2H3,(H,17,18). The summed E-state index contributed by atoms with van der Waals surface area (Å²) in [4.78, 5) is 15.8. The van der Waals surface area contributed by atoms with Crippen molar-refractivity contribution >= 4 is 5.97 Å². The summed E-state index contributed by atoms with van der Waals surface area (Å²) in [5.74, 6) is 0.333. The van der Waals surface area contributed by atoms with Crippen LogP contribution in [0.4, 0.5) is 0 Å². The largest absolute Gasteiger partial charge is 0.475 e. The maximum absolute atomic E-state index is 11.3. The maximum atomic E-state index is 11.3. The molecule has 1 aromatic heterocycles. The molecule has 1 heterocycles. The Morgan fingerprint density at radius 1 is 1.32 bits per heavy atom. The van der Waals surface area contributed by atoms with Crippen LogP contribution in [0, 0.1) is 5.41 Å². The zero-order chi connectivity index (χ0) is 13.6. The average Bonchev–Trinajstić information content (AvgIpc) is 3.08. The molecule has 2 aliphatic carbocycles. The highest BCUT2D eigenvalue weighted by Crippen LogP contribution is 2.48. The van der Waals surface area contributed by atoms with Crippen molar-refractivity contribution in [1.82, 2.24) is 4.98 Å². The molecule has 2 fully saturated rings. The third-order valence-corrected chi connectivity index (χ3v) is 4.63. The number of carboxylic acids is 1. The molecule has 0 amide bonds. The second-order valence-corrected chi connectivity index (χ2v) is 6.63. The normalized spacial score (nSPS) is 26.3. The summed E-state index contributed by atoms with van der Waals surface area (Å²) in [5, 5.41) is 9.25. The Balaban J connectivity index is 1.96. The lowest BCUT2D eigenvalue weighted by Gasteiger charge is -2.36. The molecule has 4 nitrogen and oxygen atoms in total. The van der Waals surface area contributed by atoms with Crippen LogP contribution in [0.2, 0.25) is 0 Å². The van der Waals surface area contributed by atoms with E-state index in [2.05, 4.69) is 18.8 Å². The van der Waals surface area contributed by atoms with Gasteiger partial charge in [-0.05, 0) is 31.1 Å². The van der Waals surface area contributed by atoms with Gasteiger partial charge in [0, 0.05) is 11.8 Å². The number of aromatic carboxylic acids is 1. The second-order valence-electron chi connectivity index (χ2n) is 6.63. The third-order valence-electron chi connectivity index (χ3n) is 4.63. The summed E-state index contributed by atoms with van der Waals surface area (Å²) in [6.45, 7) is 4.47. The van der Waals surface area contributed by atoms with Gasteiger partial charge in [0.15, 0.2) is 5.89 Å². The van der Waals surface area contributed by atoms with Crippen LogP contribution < -0.4 is 0 Å². The summed E-state index contributed by atoms with van der Waals surface area (Å²) in [7, 11) is 0. The Morgan fingerprint density at radius 2 is 2.05 bits per heavy atom. The first-order valence-corrected chi connectivity index (χ1v) is 7.23. The number of carbonyl (C=O) groups is 1. The minimum Gasteiger partial charge on any atom is -0.475 e. The molecule has 2 saturated carbocycles. The molecule has 0 radical (unpaired) electrons. The van der Waals surface area contributed by atoms with Gasteiger partial charge in [-0.2, -0.15) is 0 Å². The predicted molar refractivity (Wildman–Crippen MR) is 70.4 cm³/mol. The topological polar surface area (TPSA) is 63.3 Å². The zero-order valence-electron chi connectivity index (χ0n) is 11.6. The fourth-order valence-corrected chi connectivity index (χ4v) is 3.24. The summed E-state index contributed by atoms with van der Waals surface area (Å²) in [5.41, 5.74) is 0.837. The van der Waals surface area contributed by atoms with Crippen molar-refractivity contribution in [3.8, 4) is 0 Å². The van der Waals surface area contributed by atoms with Gasteiger partial charge >= 0.3 is 5.97 Å². The number of carboxylic acid groups (broad SMARTS) is 1. The molecule has 0 spiro atoms. The monoisotopic (exact) mass is 263 g/mol. The van der Waals surface area contributed by atoms with Crippen LogP contribution in [-0.4, -0.2) is 16.1 Å². The first-order chi connectivity index (χ1) is 8.99. The highest BCUT2D eigenvalue weighted by atomic mass is 16.4. The van der Waals surface area contributed by atoms with Gasteiger partial charge in [-0.1, -0.05) is 26.7 Å². The first kappa shape index (κ1) is 12.7. The first-order valence-electron chi connectivity index (χ1n) is 7.23. The third kappa shape index (κ3) is 2.28. The number of rotatable bonds is 3. The van der Waals surface area contributed by atoms with E-state index in [1.54, 1.807) is 0 Å². The van der Waals surface area contributed by atoms with E-state index in [9.17, 15) is 9.90 Å². The Morgan fingerprint density at radius 3 is 2.63 bits per heavy atom. The summed E-state index contributed by atoms with van der Waals surface area (Å²) >= 11 is 0. The number of oxazole rings is 1. The lowest BCUT2D eigenvalue weighted by Crippen LogP contribution is -2.26. The van der Waals surface area contributed by atoms with Gasteiger partial charge in [0.1, 0.15) is 0 Å². The Kier molecular flexibility index (Phi) is 2.91. The van der Waals surface area contributed by atoms with Gasteiger partial charge < -0.3 is 9.52 Å². The van der Waals surface area contributed by atoms with E-state index >= 15 is 0 Å². The predicted octanol–water partition coefficient (Wildman–Crippen LogP) is 3.93. The molecule has 4 heteroatoms. The maximum Gasteiger partial charge on any atom is 0.373 e. The Bertz CT molecular complexity index is 499. The number of aromatic nitrogens is 1. The zero-order valence-corrected chi connectivity index (χ0v) is 11.6. The molecule has 1 N–H and O–H groups in total. The van der Waals surface area contributed by atoms with Crippen molar-refractivity contribution in [2.45, 2.75) is 64.2 Å². The highest BCUT2D eigenvalue weighted by Gasteiger charge is 2.40. The van der Waals surface area contributed by atoms with Crippen LogP contribution in [0.3, 0.4) is 0 Å². The molecular weight excluding hydrogens is 242 g/mol. The van der Waals surface area contributed by atoms with E-state index in [0.29, 0.717) is 17.5 Å². The van der Waals surface area contributed by atoms with E-state index in [4.69, 9.17) is 4.42 Å². The molecule has 1 atom stereocenters. The highest BCUT2D eigenvalue weighted by molar-refractivity contribution is 5.86. The fourth-order valence-electron chi connectivity index (χ4n) is 3.24. The quantitative estimate of drug-likeness (QED) is 0.897. The summed E-state index contributed by atoms with van der Waals surface area (Å²) < 4.78 is 5.64. The van der Waals surface area contributed by atoms with Gasteiger partial charge in [-0.25, -0.2) is 9.78 Å². The number of nitrogens with zero attached hydrogens (tertiary/aromatic N) is 1. The smallest absolute Gasteiger partial charge is 0.373 e. The molecule has 19 heavy (non-hydrogen) atoms. The molecule has 0 saturated heterocycles. The SMILES string of the molecule is CC1(C)CCCCC1c1nc(C2CC2)c(C(=O)O)o1. The van der Waals surface area contributed by atoms with E-state index < -0.39 is 5.97 Å². The van der Waals surface area contributed by atoms with Crippen LogP contribution in [0.15, 0.2) is 4.42 Å². The molecule has 0 aliphatic heterocycles. The van der Waals surface area contributed by atoms with Crippen LogP contribution >= 0.6 is 0 Å². The van der Waals surface area contributed by atoms with E-state index in [0.717, 1.165) is 25.7 Å². The van der Waals surface area contributed by atoms with E-state index in [1.807, 2.05) is 0 Å². The molecule has 104 valence electrons. The molecule has 1 aromatic rings. The van der Waals surface area contributed by atoms with Crippen LogP contribution in [-0.2, 0) is 0 Å². The van der Waals surface area contributed by atoms with Gasteiger partial charge in [0.2, 0.25) is 5.76 Å². The Labute approximate surface area is 113 Å². The molecule has 0 bridgehead atoms. The van der Waals surface area contributed by atoms with Gasteiger partial charge in [-0.3, -0.25) is 0 Å². The molecule has 3 rings (SSSR count). The minimum absolute atomic E-state index is 0.0823. The van der Waals surface area contributed by atoms with Crippen molar-refractivity contribution in [2.75, 3.05) is 0 Å². The van der Waals surface area contributed by atoms with Crippen molar-refractivity contribution in [2.24, 2.45) is 5.41 Å². The molecule has 0 aromatic carbocycles. The van der Waals surface area contributed by atoms with Gasteiger partial charge in [0.05, 0.1) is 5.69 Å². The van der Waals surface area contributed by atoms with E-state index in [1.165, 1.54) is 12.8 Å². The minimum atomic E-state index is -0.978. The van der Waals surface area contributed by atoms with Crippen molar-refractivity contribution in [3.63, 3.8) is 0 Å². The van der Waals surface area contributed by atoms with E-state index in [-0.39, 0.29) is 17.1 Å². The molecule has 1 unspecified atom stereocenters. The number of hydrogen-bond acceptors (Lipinski definition) is 3. The van der Waals surface area contributed by atoms with Crippen LogP contribution in [0.25, 0.3) is 0 Å². The summed E-state index contributed by atoms with van der Waals surface area (Å²) in [6, 6.07) is 0. The van der Waals surface area contributed by atoms with Gasteiger partial charge in [-0.15, -0.1) is 0 Å². The Hall–Kier alpha value is -1.32. The fraction of sp³-hybridized carbons (Fsp3) is 0.733. The molecule has 2 aliphatic rings. The van der Waals surface area contributed by atoms with Crippen molar-refractivity contribution in [3.05, 3.63) is 17.3 Å². The van der Waals surface area contributed by atoms with Crippen molar-refractivity contribution < 1.29 is 14.3 Å². The van der Waals surface area contributed by atoms with Crippen molar-refractivity contribution in [1.29, 1.82) is 0 Å². The van der Waals surface area contributed by atoms with Gasteiger partial charge in [0.25, 0.3) is 0 Å². The summed E-state index contributed by atoms with van der Waals surface area (Å²) in [6.07, 6.45) is 6.71. The molecular formula is C15H21NO3. The average molecular weight is 263 g/mol. The van der Waals surface area contributed by atoms with Crippen LogP contribution in [0.5, 0.6) is 0 Å². The lowest BCUT2D eigenvalue weighted by atomic mass is 9.69. The van der Waals surface area contributed by atoms with Crippen LogP contribution in [0.1, 0.15) is 86.3 Å².